The lowest BCUT2D eigenvalue weighted by Crippen LogP contribution is -2.22. The number of pyridine rings is 1. The van der Waals surface area contributed by atoms with Crippen molar-refractivity contribution >= 4 is 38.1 Å². The number of hydrogen-bond donors (Lipinski definition) is 0. The van der Waals surface area contributed by atoms with E-state index in [4.69, 9.17) is 9.47 Å². The van der Waals surface area contributed by atoms with Gasteiger partial charge in [0.15, 0.2) is 0 Å². The van der Waals surface area contributed by atoms with E-state index in [1.807, 2.05) is 12.1 Å². The number of methoxy groups -OCH3 is 2. The third-order valence-electron chi connectivity index (χ3n) is 3.78. The number of amides is 1. The highest BCUT2D eigenvalue weighted by atomic mass is 32.1. The van der Waals surface area contributed by atoms with Crippen molar-refractivity contribution in [1.82, 2.24) is 9.88 Å². The Morgan fingerprint density at radius 3 is 2.57 bits per heavy atom. The average Bonchev–Trinajstić information content (AvgIpc) is 2.95. The molecule has 3 rings (SSSR count). The van der Waals surface area contributed by atoms with Crippen molar-refractivity contribution in [1.29, 1.82) is 0 Å². The molecule has 0 N–H and O–H groups in total. The minimum absolute atomic E-state index is 0.0701. The summed E-state index contributed by atoms with van der Waals surface area (Å²) in [7, 11) is 6.83. The highest BCUT2D eigenvalue weighted by Gasteiger charge is 2.19. The van der Waals surface area contributed by atoms with Gasteiger partial charge in [0.25, 0.3) is 0 Å². The molecule has 0 radical (unpaired) electrons. The summed E-state index contributed by atoms with van der Waals surface area (Å²) in [6, 6.07) is 3.93. The molecule has 0 fully saturated rings. The third kappa shape index (κ3) is 2.59. The monoisotopic (exact) mass is 330 g/mol. The molecule has 0 aliphatic rings. The first-order valence-corrected chi connectivity index (χ1v) is 7.98. The van der Waals surface area contributed by atoms with Gasteiger partial charge in [-0.3, -0.25) is 9.78 Å². The van der Waals surface area contributed by atoms with Crippen molar-refractivity contribution in [3.05, 3.63) is 29.4 Å². The first-order valence-electron chi connectivity index (χ1n) is 7.17. The van der Waals surface area contributed by atoms with Crippen LogP contribution in [-0.4, -0.2) is 44.1 Å². The summed E-state index contributed by atoms with van der Waals surface area (Å²) in [6.45, 7) is 0. The molecule has 1 aromatic carbocycles. The van der Waals surface area contributed by atoms with Gasteiger partial charge in [0.1, 0.15) is 11.5 Å². The molecule has 0 saturated carbocycles. The number of carbonyl (C=O) groups excluding carboxylic acids is 1. The summed E-state index contributed by atoms with van der Waals surface area (Å²) in [4.78, 5) is 18.8. The Hall–Kier alpha value is -2.34. The average molecular weight is 330 g/mol. The maximum Gasteiger partial charge on any atom is 0.227 e. The fourth-order valence-corrected chi connectivity index (χ4v) is 3.82. The van der Waals surface area contributed by atoms with Crippen LogP contribution in [0.15, 0.2) is 24.5 Å². The Labute approximate surface area is 138 Å². The highest BCUT2D eigenvalue weighted by Crippen LogP contribution is 2.46. The maximum atomic E-state index is 12.0. The molecule has 0 aliphatic heterocycles. The number of aromatic nitrogens is 1. The van der Waals surface area contributed by atoms with Crippen LogP contribution < -0.4 is 9.47 Å². The van der Waals surface area contributed by atoms with Crippen LogP contribution in [0, 0.1) is 0 Å². The molecule has 0 unspecified atom stereocenters. The molecular weight excluding hydrogens is 312 g/mol. The van der Waals surface area contributed by atoms with Crippen LogP contribution in [0.1, 0.15) is 4.88 Å². The van der Waals surface area contributed by atoms with Crippen LogP contribution in [0.25, 0.3) is 20.9 Å². The van der Waals surface area contributed by atoms with Crippen molar-refractivity contribution in [2.24, 2.45) is 0 Å². The normalized spacial score (nSPS) is 11.0. The van der Waals surface area contributed by atoms with Gasteiger partial charge in [-0.05, 0) is 12.1 Å². The van der Waals surface area contributed by atoms with Crippen LogP contribution in [0.3, 0.4) is 0 Å². The molecule has 3 aromatic rings. The molecule has 5 nitrogen and oxygen atoms in total. The second-order valence-electron chi connectivity index (χ2n) is 5.41. The second-order valence-corrected chi connectivity index (χ2v) is 6.54. The van der Waals surface area contributed by atoms with Crippen LogP contribution in [0.2, 0.25) is 0 Å². The molecular formula is C17H18N2O3S. The molecule has 2 heterocycles. The van der Waals surface area contributed by atoms with Crippen molar-refractivity contribution in [2.75, 3.05) is 28.3 Å². The summed E-state index contributed by atoms with van der Waals surface area (Å²) in [5.41, 5.74) is 0. The first-order chi connectivity index (χ1) is 11.1. The largest absolute Gasteiger partial charge is 0.495 e. The number of thiophene rings is 1. The maximum absolute atomic E-state index is 12.0. The number of hydrogen-bond acceptors (Lipinski definition) is 5. The summed E-state index contributed by atoms with van der Waals surface area (Å²) in [6.07, 6.45) is 3.88. The van der Waals surface area contributed by atoms with Gasteiger partial charge in [0, 0.05) is 47.5 Å². The SMILES string of the molecule is COc1c2cnccc2c(OC)c2sc(CC(=O)N(C)C)cc12. The van der Waals surface area contributed by atoms with Gasteiger partial charge in [-0.2, -0.15) is 0 Å². The first kappa shape index (κ1) is 15.6. The lowest BCUT2D eigenvalue weighted by Gasteiger charge is -2.11. The summed E-state index contributed by atoms with van der Waals surface area (Å²) < 4.78 is 12.2. The molecule has 1 amide bonds. The van der Waals surface area contributed by atoms with Gasteiger partial charge in [0.05, 0.1) is 25.3 Å². The zero-order chi connectivity index (χ0) is 16.6. The number of ether oxygens (including phenoxy) is 2. The van der Waals surface area contributed by atoms with Crippen LogP contribution >= 0.6 is 11.3 Å². The number of benzene rings is 1. The number of rotatable bonds is 4. The van der Waals surface area contributed by atoms with Gasteiger partial charge >= 0.3 is 0 Å². The van der Waals surface area contributed by atoms with E-state index < -0.39 is 0 Å². The van der Waals surface area contributed by atoms with E-state index >= 15 is 0 Å². The zero-order valence-corrected chi connectivity index (χ0v) is 14.4. The van der Waals surface area contributed by atoms with Gasteiger partial charge < -0.3 is 14.4 Å². The minimum atomic E-state index is 0.0701. The Kier molecular flexibility index (Phi) is 4.09. The lowest BCUT2D eigenvalue weighted by molar-refractivity contribution is -0.127. The summed E-state index contributed by atoms with van der Waals surface area (Å²) in [5.74, 6) is 1.64. The van der Waals surface area contributed by atoms with E-state index in [9.17, 15) is 4.79 Å². The van der Waals surface area contributed by atoms with Gasteiger partial charge in [-0.1, -0.05) is 0 Å². The Balaban J connectivity index is 2.27. The number of carbonyl (C=O) groups is 1. The lowest BCUT2D eigenvalue weighted by atomic mass is 10.1. The minimum Gasteiger partial charge on any atom is -0.495 e. The molecule has 6 heteroatoms. The van der Waals surface area contributed by atoms with Crippen LogP contribution in [-0.2, 0) is 11.2 Å². The van der Waals surface area contributed by atoms with Gasteiger partial charge in [-0.15, -0.1) is 11.3 Å². The third-order valence-corrected chi connectivity index (χ3v) is 4.91. The molecule has 0 spiro atoms. The zero-order valence-electron chi connectivity index (χ0n) is 13.5. The molecule has 120 valence electrons. The summed E-state index contributed by atoms with van der Waals surface area (Å²) >= 11 is 1.57. The standard InChI is InChI=1S/C17H18N2O3S/c1-19(2)14(20)8-10-7-12-15(21-3)13-9-18-6-5-11(13)16(22-4)17(12)23-10/h5-7,9H,8H2,1-4H3. The van der Waals surface area contributed by atoms with Crippen molar-refractivity contribution in [2.45, 2.75) is 6.42 Å². The second kappa shape index (κ2) is 6.04. The fraction of sp³-hybridized carbons (Fsp3) is 0.294. The van der Waals surface area contributed by atoms with Gasteiger partial charge in [-0.25, -0.2) is 0 Å². The van der Waals surface area contributed by atoms with E-state index in [0.717, 1.165) is 37.2 Å². The fourth-order valence-electron chi connectivity index (χ4n) is 2.64. The van der Waals surface area contributed by atoms with Crippen molar-refractivity contribution in [3.8, 4) is 11.5 Å². The van der Waals surface area contributed by atoms with E-state index in [1.54, 1.807) is 56.9 Å². The molecule has 0 saturated heterocycles. The van der Waals surface area contributed by atoms with E-state index in [2.05, 4.69) is 4.98 Å². The predicted octanol–water partition coefficient (Wildman–Crippen LogP) is 3.10. The quantitative estimate of drug-likeness (QED) is 0.737. The number of fused-ring (bicyclic) bond motifs is 2. The van der Waals surface area contributed by atoms with E-state index in [1.165, 1.54) is 0 Å². The van der Waals surface area contributed by atoms with Crippen molar-refractivity contribution < 1.29 is 14.3 Å². The highest BCUT2D eigenvalue weighted by molar-refractivity contribution is 7.19. The van der Waals surface area contributed by atoms with E-state index in [0.29, 0.717) is 6.42 Å². The smallest absolute Gasteiger partial charge is 0.227 e. The summed E-state index contributed by atoms with van der Waals surface area (Å²) in [5, 5.41) is 2.82. The Morgan fingerprint density at radius 2 is 1.91 bits per heavy atom. The number of nitrogens with zero attached hydrogens (tertiary/aromatic N) is 2. The number of likely N-dealkylation sites (N-methyl/N-ethyl adjacent to an activating group) is 1. The van der Waals surface area contributed by atoms with Crippen LogP contribution in [0.5, 0.6) is 11.5 Å². The van der Waals surface area contributed by atoms with Crippen molar-refractivity contribution in [3.63, 3.8) is 0 Å². The Bertz CT molecular complexity index is 826. The topological polar surface area (TPSA) is 51.7 Å². The molecule has 0 bridgehead atoms. The Morgan fingerprint density at radius 1 is 1.17 bits per heavy atom. The molecule has 0 atom stereocenters. The predicted molar refractivity (Wildman–Crippen MR) is 92.6 cm³/mol. The molecule has 23 heavy (non-hydrogen) atoms. The van der Waals surface area contributed by atoms with Gasteiger partial charge in [0.2, 0.25) is 5.91 Å². The molecule has 0 aliphatic carbocycles. The molecule has 2 aromatic heterocycles. The van der Waals surface area contributed by atoms with Crippen LogP contribution in [0.4, 0.5) is 0 Å². The van der Waals surface area contributed by atoms with E-state index in [-0.39, 0.29) is 5.91 Å².